The van der Waals surface area contributed by atoms with E-state index in [-0.39, 0.29) is 0 Å². The summed E-state index contributed by atoms with van der Waals surface area (Å²) in [6.45, 7) is 5.49. The van der Waals surface area contributed by atoms with Gasteiger partial charge in [0.05, 0.1) is 5.52 Å². The van der Waals surface area contributed by atoms with E-state index in [0.717, 1.165) is 29.3 Å². The second-order valence-electron chi connectivity index (χ2n) is 6.47. The summed E-state index contributed by atoms with van der Waals surface area (Å²) < 4.78 is 0. The average Bonchev–Trinajstić information content (AvgIpc) is 2.55. The Morgan fingerprint density at radius 2 is 1.95 bits per heavy atom. The van der Waals surface area contributed by atoms with Gasteiger partial charge in [-0.25, -0.2) is 9.97 Å². The van der Waals surface area contributed by atoms with Crippen molar-refractivity contribution in [3.05, 3.63) is 30.1 Å². The Morgan fingerprint density at radius 1 is 1.18 bits per heavy atom. The van der Waals surface area contributed by atoms with Crippen molar-refractivity contribution in [2.45, 2.75) is 51.6 Å². The summed E-state index contributed by atoms with van der Waals surface area (Å²) in [5.41, 5.74) is 2.26. The van der Waals surface area contributed by atoms with Crippen LogP contribution in [0.25, 0.3) is 10.9 Å². The van der Waals surface area contributed by atoms with Crippen molar-refractivity contribution in [2.75, 3.05) is 18.9 Å². The second-order valence-corrected chi connectivity index (χ2v) is 6.47. The minimum Gasteiger partial charge on any atom is -0.367 e. The van der Waals surface area contributed by atoms with Crippen molar-refractivity contribution in [2.24, 2.45) is 0 Å². The van der Waals surface area contributed by atoms with Crippen LogP contribution in [0.1, 0.15) is 38.2 Å². The summed E-state index contributed by atoms with van der Waals surface area (Å²) in [6, 6.07) is 7.62. The molecule has 0 unspecified atom stereocenters. The summed E-state index contributed by atoms with van der Waals surface area (Å²) in [7, 11) is 2.24. The predicted octanol–water partition coefficient (Wildman–Crippen LogP) is 3.61. The Labute approximate surface area is 133 Å². The molecule has 1 saturated carbocycles. The molecule has 2 aromatic rings. The normalized spacial score (nSPS) is 22.2. The predicted molar refractivity (Wildman–Crippen MR) is 92.2 cm³/mol. The molecule has 0 saturated heterocycles. The molecule has 1 fully saturated rings. The standard InChI is InChI=1S/C18H26N4/c1-4-22(3)15-8-6-14(7-9-15)21-18-16-11-13(2)5-10-17(16)19-12-20-18/h5,10-12,14-15H,4,6-9H2,1-3H3,(H,19,20,21)/t14-,15-. The molecule has 118 valence electrons. The van der Waals surface area contributed by atoms with Crippen LogP contribution in [0.15, 0.2) is 24.5 Å². The van der Waals surface area contributed by atoms with E-state index in [1.54, 1.807) is 6.33 Å². The highest BCUT2D eigenvalue weighted by Crippen LogP contribution is 2.27. The quantitative estimate of drug-likeness (QED) is 0.936. The number of aryl methyl sites for hydroxylation is 1. The van der Waals surface area contributed by atoms with Crippen molar-refractivity contribution >= 4 is 16.7 Å². The number of nitrogens with zero attached hydrogens (tertiary/aromatic N) is 3. The Morgan fingerprint density at radius 3 is 2.68 bits per heavy atom. The van der Waals surface area contributed by atoms with Crippen molar-refractivity contribution < 1.29 is 0 Å². The SMILES string of the molecule is CCN(C)[C@H]1CC[C@H](Nc2ncnc3ccc(C)cc23)CC1. The largest absolute Gasteiger partial charge is 0.367 e. The lowest BCUT2D eigenvalue weighted by atomic mass is 9.90. The van der Waals surface area contributed by atoms with Crippen molar-refractivity contribution in [3.63, 3.8) is 0 Å². The van der Waals surface area contributed by atoms with Crippen LogP contribution in [-0.2, 0) is 0 Å². The van der Waals surface area contributed by atoms with Crippen molar-refractivity contribution in [1.82, 2.24) is 14.9 Å². The molecule has 1 N–H and O–H groups in total. The molecule has 0 bridgehead atoms. The Balaban J connectivity index is 1.71. The van der Waals surface area contributed by atoms with Crippen LogP contribution in [0.2, 0.25) is 0 Å². The summed E-state index contributed by atoms with van der Waals surface area (Å²) in [5.74, 6) is 0.987. The number of nitrogens with one attached hydrogen (secondary N) is 1. The fourth-order valence-electron chi connectivity index (χ4n) is 3.40. The fraction of sp³-hybridized carbons (Fsp3) is 0.556. The van der Waals surface area contributed by atoms with Crippen LogP contribution in [0, 0.1) is 6.92 Å². The minimum atomic E-state index is 0.528. The zero-order valence-electron chi connectivity index (χ0n) is 13.8. The Hall–Kier alpha value is -1.68. The van der Waals surface area contributed by atoms with Crippen LogP contribution in [0.4, 0.5) is 5.82 Å². The summed E-state index contributed by atoms with van der Waals surface area (Å²) in [6.07, 6.45) is 6.63. The molecule has 1 aliphatic rings. The zero-order valence-corrected chi connectivity index (χ0v) is 13.8. The average molecular weight is 298 g/mol. The lowest BCUT2D eigenvalue weighted by Gasteiger charge is -2.34. The van der Waals surface area contributed by atoms with Crippen LogP contribution >= 0.6 is 0 Å². The molecule has 4 nitrogen and oxygen atoms in total. The van der Waals surface area contributed by atoms with E-state index >= 15 is 0 Å². The van der Waals surface area contributed by atoms with E-state index in [4.69, 9.17) is 0 Å². The first-order valence-corrected chi connectivity index (χ1v) is 8.35. The van der Waals surface area contributed by atoms with E-state index in [1.165, 1.54) is 31.2 Å². The van der Waals surface area contributed by atoms with Crippen molar-refractivity contribution in [3.8, 4) is 0 Å². The number of hydrogen-bond donors (Lipinski definition) is 1. The Bertz CT molecular complexity index is 632. The van der Waals surface area contributed by atoms with Gasteiger partial charge < -0.3 is 10.2 Å². The number of aromatic nitrogens is 2. The molecule has 0 spiro atoms. The van der Waals surface area contributed by atoms with Gasteiger partial charge in [-0.05, 0) is 58.3 Å². The van der Waals surface area contributed by atoms with Crippen LogP contribution in [0.5, 0.6) is 0 Å². The van der Waals surface area contributed by atoms with Gasteiger partial charge in [0, 0.05) is 17.5 Å². The van der Waals surface area contributed by atoms with Gasteiger partial charge in [-0.2, -0.15) is 0 Å². The summed E-state index contributed by atoms with van der Waals surface area (Å²) >= 11 is 0. The van der Waals surface area contributed by atoms with Crippen LogP contribution in [-0.4, -0.2) is 40.5 Å². The first-order valence-electron chi connectivity index (χ1n) is 8.35. The molecule has 1 aromatic heterocycles. The van der Waals surface area contributed by atoms with Gasteiger partial charge in [-0.1, -0.05) is 18.6 Å². The van der Waals surface area contributed by atoms with E-state index in [0.29, 0.717) is 6.04 Å². The molecular formula is C18H26N4. The lowest BCUT2D eigenvalue weighted by Crippen LogP contribution is -2.38. The van der Waals surface area contributed by atoms with Gasteiger partial charge in [-0.3, -0.25) is 0 Å². The highest BCUT2D eigenvalue weighted by atomic mass is 15.1. The molecule has 0 aliphatic heterocycles. The number of hydrogen-bond acceptors (Lipinski definition) is 4. The summed E-state index contributed by atoms with van der Waals surface area (Å²) in [4.78, 5) is 11.3. The lowest BCUT2D eigenvalue weighted by molar-refractivity contribution is 0.194. The van der Waals surface area contributed by atoms with Gasteiger partial charge >= 0.3 is 0 Å². The zero-order chi connectivity index (χ0) is 15.5. The van der Waals surface area contributed by atoms with Gasteiger partial charge in [0.2, 0.25) is 0 Å². The van der Waals surface area contributed by atoms with Gasteiger partial charge in [0.15, 0.2) is 0 Å². The molecule has 0 radical (unpaired) electrons. The number of anilines is 1. The third-order valence-corrected chi connectivity index (χ3v) is 4.95. The molecule has 3 rings (SSSR count). The maximum atomic E-state index is 4.48. The maximum absolute atomic E-state index is 4.48. The first kappa shape index (κ1) is 15.2. The van der Waals surface area contributed by atoms with E-state index < -0.39 is 0 Å². The molecule has 1 aliphatic carbocycles. The topological polar surface area (TPSA) is 41.0 Å². The van der Waals surface area contributed by atoms with E-state index in [2.05, 4.69) is 59.3 Å². The van der Waals surface area contributed by atoms with Gasteiger partial charge in [0.25, 0.3) is 0 Å². The molecule has 0 amide bonds. The molecular weight excluding hydrogens is 272 g/mol. The van der Waals surface area contributed by atoms with Crippen LogP contribution < -0.4 is 5.32 Å². The number of fused-ring (bicyclic) bond motifs is 1. The molecule has 1 heterocycles. The highest BCUT2D eigenvalue weighted by Gasteiger charge is 2.23. The number of rotatable bonds is 4. The molecule has 0 atom stereocenters. The smallest absolute Gasteiger partial charge is 0.137 e. The first-order chi connectivity index (χ1) is 10.7. The third-order valence-electron chi connectivity index (χ3n) is 4.95. The van der Waals surface area contributed by atoms with Gasteiger partial charge in [-0.15, -0.1) is 0 Å². The van der Waals surface area contributed by atoms with E-state index in [1.807, 2.05) is 0 Å². The monoisotopic (exact) mass is 298 g/mol. The van der Waals surface area contributed by atoms with Crippen LogP contribution in [0.3, 0.4) is 0 Å². The Kier molecular flexibility index (Phi) is 4.57. The molecule has 1 aromatic carbocycles. The fourth-order valence-corrected chi connectivity index (χ4v) is 3.40. The maximum Gasteiger partial charge on any atom is 0.137 e. The second kappa shape index (κ2) is 6.61. The minimum absolute atomic E-state index is 0.528. The van der Waals surface area contributed by atoms with Gasteiger partial charge in [0.1, 0.15) is 12.1 Å². The third kappa shape index (κ3) is 3.22. The molecule has 4 heteroatoms. The molecule has 22 heavy (non-hydrogen) atoms. The number of benzene rings is 1. The van der Waals surface area contributed by atoms with Crippen molar-refractivity contribution in [1.29, 1.82) is 0 Å². The summed E-state index contributed by atoms with van der Waals surface area (Å²) in [5, 5.41) is 4.79. The van der Waals surface area contributed by atoms with E-state index in [9.17, 15) is 0 Å². The highest BCUT2D eigenvalue weighted by molar-refractivity contribution is 5.89.